The molecule has 20 heavy (non-hydrogen) atoms. The number of hydrogen-bond donors (Lipinski definition) is 1. The zero-order valence-corrected chi connectivity index (χ0v) is 12.5. The van der Waals surface area contributed by atoms with Crippen LogP contribution < -0.4 is 5.32 Å². The van der Waals surface area contributed by atoms with Gasteiger partial charge in [-0.2, -0.15) is 0 Å². The second kappa shape index (κ2) is 5.98. The van der Waals surface area contributed by atoms with Gasteiger partial charge in [0.1, 0.15) is 5.15 Å². The third kappa shape index (κ3) is 3.05. The number of nitrogens with one attached hydrogen (secondary N) is 1. The molecule has 1 N–H and O–H groups in total. The fourth-order valence-electron chi connectivity index (χ4n) is 2.41. The Bertz CT molecular complexity index is 611. The molecule has 104 valence electrons. The summed E-state index contributed by atoms with van der Waals surface area (Å²) in [5.74, 6) is 0.602. The third-order valence-corrected chi connectivity index (χ3v) is 4.06. The number of nitrogens with zero attached hydrogens (tertiary/aromatic N) is 2. The number of benzene rings is 1. The lowest BCUT2D eigenvalue weighted by Crippen LogP contribution is -2.11. The van der Waals surface area contributed by atoms with Crippen LogP contribution in [0.25, 0.3) is 0 Å². The van der Waals surface area contributed by atoms with Crippen molar-refractivity contribution in [2.24, 2.45) is 0 Å². The van der Waals surface area contributed by atoms with E-state index in [-0.39, 0.29) is 0 Å². The van der Waals surface area contributed by atoms with Crippen LogP contribution in [-0.4, -0.2) is 9.97 Å². The summed E-state index contributed by atoms with van der Waals surface area (Å²) in [4.78, 5) is 8.91. The Morgan fingerprint density at radius 2 is 1.75 bits per heavy atom. The highest BCUT2D eigenvalue weighted by atomic mass is 35.5. The first-order valence-electron chi connectivity index (χ1n) is 6.76. The minimum Gasteiger partial charge on any atom is -0.350 e. The molecule has 1 aromatic heterocycles. The number of fused-ring (bicyclic) bond motifs is 1. The summed E-state index contributed by atoms with van der Waals surface area (Å²) in [7, 11) is 0. The lowest BCUT2D eigenvalue weighted by Gasteiger charge is -2.16. The summed E-state index contributed by atoms with van der Waals surface area (Å²) in [6, 6.07) is 7.71. The van der Waals surface area contributed by atoms with Crippen LogP contribution in [0.1, 0.15) is 29.7 Å². The molecule has 0 bridgehead atoms. The van der Waals surface area contributed by atoms with Crippen molar-refractivity contribution < 1.29 is 0 Å². The van der Waals surface area contributed by atoms with Gasteiger partial charge in [-0.15, -0.1) is 0 Å². The van der Waals surface area contributed by atoms with Gasteiger partial charge in [-0.05, 0) is 43.4 Å². The molecule has 0 radical (unpaired) electrons. The van der Waals surface area contributed by atoms with Crippen LogP contribution in [0.15, 0.2) is 24.3 Å². The van der Waals surface area contributed by atoms with E-state index in [0.717, 1.165) is 34.7 Å². The predicted octanol–water partition coefficient (Wildman–Crippen LogP) is 4.27. The molecule has 3 rings (SSSR count). The van der Waals surface area contributed by atoms with Gasteiger partial charge in [0.15, 0.2) is 0 Å². The van der Waals surface area contributed by atoms with Crippen LogP contribution in [0.3, 0.4) is 0 Å². The minimum absolute atomic E-state index is 0.591. The van der Waals surface area contributed by atoms with Crippen molar-refractivity contribution >= 4 is 29.2 Å². The molecule has 1 heterocycles. The van der Waals surface area contributed by atoms with E-state index < -0.39 is 0 Å². The first kappa shape index (κ1) is 13.7. The van der Waals surface area contributed by atoms with E-state index in [4.69, 9.17) is 23.2 Å². The van der Waals surface area contributed by atoms with Crippen LogP contribution in [0.2, 0.25) is 10.2 Å². The first-order chi connectivity index (χ1) is 9.72. The lowest BCUT2D eigenvalue weighted by atomic mass is 9.97. The number of halogens is 2. The molecule has 0 atom stereocenters. The Balaban J connectivity index is 1.74. The summed E-state index contributed by atoms with van der Waals surface area (Å²) < 4.78 is 0. The molecule has 0 fully saturated rings. The van der Waals surface area contributed by atoms with Crippen molar-refractivity contribution in [3.63, 3.8) is 0 Å². The summed E-state index contributed by atoms with van der Waals surface area (Å²) >= 11 is 12.1. The summed E-state index contributed by atoms with van der Waals surface area (Å²) in [5.41, 5.74) is 3.34. The summed E-state index contributed by atoms with van der Waals surface area (Å²) in [5, 5.41) is 4.55. The molecular formula is C15H15Cl2N3. The SMILES string of the molecule is Clc1ccc(CNc2nc(Cl)c3c(n2)CCCC3)cc1. The van der Waals surface area contributed by atoms with E-state index in [1.165, 1.54) is 12.8 Å². The van der Waals surface area contributed by atoms with Gasteiger partial charge in [0.2, 0.25) is 5.95 Å². The average molecular weight is 308 g/mol. The van der Waals surface area contributed by atoms with Crippen LogP contribution >= 0.6 is 23.2 Å². The molecule has 0 aliphatic heterocycles. The van der Waals surface area contributed by atoms with E-state index in [9.17, 15) is 0 Å². The maximum Gasteiger partial charge on any atom is 0.224 e. The smallest absolute Gasteiger partial charge is 0.224 e. The van der Waals surface area contributed by atoms with E-state index >= 15 is 0 Å². The zero-order valence-electron chi connectivity index (χ0n) is 11.0. The Kier molecular flexibility index (Phi) is 4.08. The topological polar surface area (TPSA) is 37.8 Å². The molecule has 1 aromatic carbocycles. The van der Waals surface area contributed by atoms with Gasteiger partial charge in [-0.1, -0.05) is 35.3 Å². The largest absolute Gasteiger partial charge is 0.350 e. The van der Waals surface area contributed by atoms with Gasteiger partial charge in [-0.3, -0.25) is 0 Å². The van der Waals surface area contributed by atoms with Gasteiger partial charge in [0.25, 0.3) is 0 Å². The quantitative estimate of drug-likeness (QED) is 0.860. The summed E-state index contributed by atoms with van der Waals surface area (Å²) in [6.45, 7) is 0.659. The zero-order chi connectivity index (χ0) is 13.9. The Morgan fingerprint density at radius 3 is 2.55 bits per heavy atom. The lowest BCUT2D eigenvalue weighted by molar-refractivity contribution is 0.663. The highest BCUT2D eigenvalue weighted by molar-refractivity contribution is 6.30. The van der Waals surface area contributed by atoms with Crippen LogP contribution in [0.4, 0.5) is 5.95 Å². The number of aryl methyl sites for hydroxylation is 1. The normalized spacial score (nSPS) is 13.9. The van der Waals surface area contributed by atoms with E-state index in [1.807, 2.05) is 24.3 Å². The van der Waals surface area contributed by atoms with Crippen molar-refractivity contribution in [2.75, 3.05) is 5.32 Å². The average Bonchev–Trinajstić information content (AvgIpc) is 2.47. The molecule has 0 saturated carbocycles. The van der Waals surface area contributed by atoms with E-state index in [0.29, 0.717) is 17.6 Å². The minimum atomic E-state index is 0.591. The standard InChI is InChI=1S/C15H15Cl2N3/c16-11-7-5-10(6-8-11)9-18-15-19-13-4-2-1-3-12(13)14(17)20-15/h5-8H,1-4,9H2,(H,18,19,20). The molecule has 0 unspecified atom stereocenters. The third-order valence-electron chi connectivity index (χ3n) is 3.50. The Hall–Kier alpha value is -1.32. The highest BCUT2D eigenvalue weighted by Crippen LogP contribution is 2.26. The van der Waals surface area contributed by atoms with E-state index in [2.05, 4.69) is 15.3 Å². The molecule has 1 aliphatic carbocycles. The van der Waals surface area contributed by atoms with Crippen LogP contribution in [0, 0.1) is 0 Å². The Labute approximate surface area is 128 Å². The van der Waals surface area contributed by atoms with Crippen molar-refractivity contribution in [2.45, 2.75) is 32.2 Å². The maximum absolute atomic E-state index is 6.24. The predicted molar refractivity (Wildman–Crippen MR) is 82.5 cm³/mol. The molecule has 1 aliphatic rings. The fraction of sp³-hybridized carbons (Fsp3) is 0.333. The van der Waals surface area contributed by atoms with E-state index in [1.54, 1.807) is 0 Å². The van der Waals surface area contributed by atoms with Crippen LogP contribution in [-0.2, 0) is 19.4 Å². The second-order valence-electron chi connectivity index (χ2n) is 4.95. The monoisotopic (exact) mass is 307 g/mol. The summed E-state index contributed by atoms with van der Waals surface area (Å²) in [6.07, 6.45) is 4.34. The van der Waals surface area contributed by atoms with Gasteiger partial charge in [-0.25, -0.2) is 9.97 Å². The molecule has 0 spiro atoms. The molecular weight excluding hydrogens is 293 g/mol. The van der Waals surface area contributed by atoms with Gasteiger partial charge in [0, 0.05) is 17.1 Å². The van der Waals surface area contributed by atoms with Gasteiger partial charge < -0.3 is 5.32 Å². The number of hydrogen-bond acceptors (Lipinski definition) is 3. The highest BCUT2D eigenvalue weighted by Gasteiger charge is 2.16. The Morgan fingerprint density at radius 1 is 1.00 bits per heavy atom. The number of aromatic nitrogens is 2. The number of rotatable bonds is 3. The molecule has 3 nitrogen and oxygen atoms in total. The van der Waals surface area contributed by atoms with Gasteiger partial charge >= 0.3 is 0 Å². The molecule has 5 heteroatoms. The molecule has 0 saturated heterocycles. The molecule has 2 aromatic rings. The number of anilines is 1. The van der Waals surface area contributed by atoms with Crippen molar-refractivity contribution in [1.82, 2.24) is 9.97 Å². The first-order valence-corrected chi connectivity index (χ1v) is 7.51. The van der Waals surface area contributed by atoms with Gasteiger partial charge in [0.05, 0.1) is 5.69 Å². The van der Waals surface area contributed by atoms with Crippen molar-refractivity contribution in [3.8, 4) is 0 Å². The van der Waals surface area contributed by atoms with Crippen LogP contribution in [0.5, 0.6) is 0 Å². The molecule has 0 amide bonds. The van der Waals surface area contributed by atoms with Crippen molar-refractivity contribution in [1.29, 1.82) is 0 Å². The second-order valence-corrected chi connectivity index (χ2v) is 5.74. The van der Waals surface area contributed by atoms with Crippen molar-refractivity contribution in [3.05, 3.63) is 51.3 Å². The fourth-order valence-corrected chi connectivity index (χ4v) is 2.82. The maximum atomic E-state index is 6.24.